The molecular formula is C31H30N4O5. The number of benzene rings is 2. The zero-order chi connectivity index (χ0) is 27.5. The minimum absolute atomic E-state index is 0.130. The van der Waals surface area contributed by atoms with Crippen molar-refractivity contribution in [2.24, 2.45) is 7.05 Å². The normalized spacial score (nSPS) is 15.2. The van der Waals surface area contributed by atoms with Crippen molar-refractivity contribution in [3.8, 4) is 16.9 Å². The summed E-state index contributed by atoms with van der Waals surface area (Å²) in [6.07, 6.45) is 7.72. The minimum Gasteiger partial charge on any atom is -0.497 e. The van der Waals surface area contributed by atoms with Gasteiger partial charge in [-0.05, 0) is 48.6 Å². The third kappa shape index (κ3) is 3.71. The van der Waals surface area contributed by atoms with Crippen molar-refractivity contribution in [3.63, 3.8) is 0 Å². The van der Waals surface area contributed by atoms with Gasteiger partial charge in [0, 0.05) is 30.1 Å². The van der Waals surface area contributed by atoms with Crippen molar-refractivity contribution >= 4 is 44.0 Å². The van der Waals surface area contributed by atoms with Gasteiger partial charge in [0.15, 0.2) is 11.0 Å². The Bertz CT molecular complexity index is 2120. The second-order valence-corrected chi connectivity index (χ2v) is 10.8. The van der Waals surface area contributed by atoms with Gasteiger partial charge >= 0.3 is 0 Å². The molecule has 0 spiro atoms. The number of hydrogen-bond donors (Lipinski definition) is 2. The molecule has 2 aromatic carbocycles. The van der Waals surface area contributed by atoms with Crippen LogP contribution in [-0.4, -0.2) is 26.4 Å². The Hall–Kier alpha value is -4.53. The first kappa shape index (κ1) is 24.5. The van der Waals surface area contributed by atoms with Crippen LogP contribution in [0.5, 0.6) is 5.75 Å². The molecule has 2 N–H and O–H groups in total. The number of pyridine rings is 2. The van der Waals surface area contributed by atoms with Crippen LogP contribution in [0.25, 0.3) is 55.1 Å². The molecule has 1 fully saturated rings. The van der Waals surface area contributed by atoms with Crippen molar-refractivity contribution < 1.29 is 9.15 Å². The van der Waals surface area contributed by atoms with Gasteiger partial charge in [-0.15, -0.1) is 0 Å². The Morgan fingerprint density at radius 1 is 0.950 bits per heavy atom. The van der Waals surface area contributed by atoms with Gasteiger partial charge in [0.25, 0.3) is 11.1 Å². The van der Waals surface area contributed by atoms with Crippen molar-refractivity contribution in [1.82, 2.24) is 19.3 Å². The summed E-state index contributed by atoms with van der Waals surface area (Å²) < 4.78 is 15.2. The number of aryl methyl sites for hydroxylation is 1. The number of H-pyrrole nitrogens is 2. The molecule has 9 heteroatoms. The summed E-state index contributed by atoms with van der Waals surface area (Å²) in [6.45, 7) is 0. The van der Waals surface area contributed by atoms with Crippen molar-refractivity contribution in [2.75, 3.05) is 7.11 Å². The maximum absolute atomic E-state index is 13.9. The second-order valence-electron chi connectivity index (χ2n) is 10.8. The molecule has 6 aromatic rings. The van der Waals surface area contributed by atoms with Gasteiger partial charge in [-0.3, -0.25) is 24.2 Å². The van der Waals surface area contributed by atoms with E-state index in [1.165, 1.54) is 31.4 Å². The van der Waals surface area contributed by atoms with Crippen LogP contribution in [0.1, 0.15) is 51.0 Å². The van der Waals surface area contributed by atoms with Gasteiger partial charge in [0.1, 0.15) is 17.0 Å². The van der Waals surface area contributed by atoms with Crippen LogP contribution in [0.15, 0.2) is 61.3 Å². The highest BCUT2D eigenvalue weighted by atomic mass is 16.5. The van der Waals surface area contributed by atoms with E-state index in [-0.39, 0.29) is 22.6 Å². The molecule has 0 aliphatic heterocycles. The zero-order valence-electron chi connectivity index (χ0n) is 22.5. The molecule has 0 saturated heterocycles. The van der Waals surface area contributed by atoms with Crippen LogP contribution in [0, 0.1) is 0 Å². The Morgan fingerprint density at radius 2 is 1.73 bits per heavy atom. The first-order valence-corrected chi connectivity index (χ1v) is 13.9. The van der Waals surface area contributed by atoms with E-state index in [4.69, 9.17) is 9.15 Å². The minimum atomic E-state index is -0.285. The van der Waals surface area contributed by atoms with Crippen LogP contribution in [0.2, 0.25) is 0 Å². The molecule has 9 nitrogen and oxygen atoms in total. The molecule has 4 heterocycles. The highest BCUT2D eigenvalue weighted by molar-refractivity contribution is 6.14. The van der Waals surface area contributed by atoms with E-state index >= 15 is 0 Å². The first-order valence-electron chi connectivity index (χ1n) is 13.9. The quantitative estimate of drug-likeness (QED) is 0.299. The molecule has 0 bridgehead atoms. The number of nitrogens with zero attached hydrogens (tertiary/aromatic N) is 2. The molecule has 1 aliphatic carbocycles. The third-order valence-corrected chi connectivity index (χ3v) is 8.45. The molecule has 0 amide bonds. The van der Waals surface area contributed by atoms with Crippen molar-refractivity contribution in [1.29, 1.82) is 0 Å². The van der Waals surface area contributed by atoms with Crippen LogP contribution >= 0.6 is 0 Å². The lowest BCUT2D eigenvalue weighted by Crippen LogP contribution is -2.19. The number of aromatic nitrogens is 4. The lowest BCUT2D eigenvalue weighted by molar-refractivity contribution is 0.353. The third-order valence-electron chi connectivity index (χ3n) is 8.45. The number of furan rings is 1. The summed E-state index contributed by atoms with van der Waals surface area (Å²) in [6, 6.07) is 12.2. The van der Waals surface area contributed by atoms with Crippen molar-refractivity contribution in [2.45, 2.75) is 51.0 Å². The molecule has 40 heavy (non-hydrogen) atoms. The summed E-state index contributed by atoms with van der Waals surface area (Å²) in [7, 11) is 3.30. The van der Waals surface area contributed by atoms with Crippen LogP contribution < -0.4 is 21.3 Å². The van der Waals surface area contributed by atoms with E-state index in [0.29, 0.717) is 50.1 Å². The molecule has 4 aromatic heterocycles. The highest BCUT2D eigenvalue weighted by Gasteiger charge is 2.26. The van der Waals surface area contributed by atoms with Crippen molar-refractivity contribution in [3.05, 3.63) is 73.4 Å². The van der Waals surface area contributed by atoms with Gasteiger partial charge in [-0.2, -0.15) is 0 Å². The fraction of sp³-hybridized carbons (Fsp3) is 0.323. The topological polar surface area (TPSA) is 115 Å². The Balaban J connectivity index is 1.61. The number of methoxy groups -OCH3 is 1. The number of ether oxygens (including phenoxy) is 1. The number of aromatic amines is 2. The monoisotopic (exact) mass is 538 g/mol. The lowest BCUT2D eigenvalue weighted by atomic mass is 9.96. The predicted molar refractivity (Wildman–Crippen MR) is 157 cm³/mol. The SMILES string of the molecule is COc1ccc2cc(-c3c4oc5cc(=O)ccc5c4[nH]c4c3c(=O)[nH]n4C3CCCCCCC3)c(=O)n(C)c2c1. The smallest absolute Gasteiger partial charge is 0.274 e. The molecule has 204 valence electrons. The number of hydrogen-bond acceptors (Lipinski definition) is 5. The summed E-state index contributed by atoms with van der Waals surface area (Å²) in [4.78, 5) is 43.3. The number of nitrogens with one attached hydrogen (secondary N) is 2. The van der Waals surface area contributed by atoms with Gasteiger partial charge < -0.3 is 18.7 Å². The summed E-state index contributed by atoms with van der Waals surface area (Å²) in [5.41, 5.74) is 2.82. The Labute approximate surface area is 228 Å². The molecule has 1 aliphatic rings. The van der Waals surface area contributed by atoms with Gasteiger partial charge in [-0.1, -0.05) is 32.1 Å². The van der Waals surface area contributed by atoms with E-state index in [1.807, 2.05) is 28.9 Å². The Kier molecular flexibility index (Phi) is 5.69. The van der Waals surface area contributed by atoms with Gasteiger partial charge in [-0.25, -0.2) is 0 Å². The summed E-state index contributed by atoms with van der Waals surface area (Å²) in [5, 5.41) is 5.02. The van der Waals surface area contributed by atoms with Gasteiger partial charge in [0.2, 0.25) is 0 Å². The predicted octanol–water partition coefficient (Wildman–Crippen LogP) is 5.73. The molecule has 7 rings (SSSR count). The summed E-state index contributed by atoms with van der Waals surface area (Å²) >= 11 is 0. The number of fused-ring (bicyclic) bond motifs is 5. The summed E-state index contributed by atoms with van der Waals surface area (Å²) in [5.74, 6) is 0.646. The molecule has 1 saturated carbocycles. The zero-order valence-corrected chi connectivity index (χ0v) is 22.5. The molecule has 0 radical (unpaired) electrons. The second kappa shape index (κ2) is 9.29. The maximum Gasteiger partial charge on any atom is 0.274 e. The number of rotatable bonds is 3. The van der Waals surface area contributed by atoms with E-state index in [0.717, 1.165) is 36.5 Å². The molecule has 0 atom stereocenters. The van der Waals surface area contributed by atoms with Crippen LogP contribution in [0.4, 0.5) is 0 Å². The fourth-order valence-electron chi connectivity index (χ4n) is 6.39. The molecular weight excluding hydrogens is 508 g/mol. The van der Waals surface area contributed by atoms with Crippen LogP contribution in [-0.2, 0) is 7.05 Å². The van der Waals surface area contributed by atoms with E-state index < -0.39 is 0 Å². The standard InChI is InChI=1S/C31H30N4O5/c1-34-23-16-20(39-2)12-10-17(23)14-22(31(34)38)25-26-29(32-27-21-13-11-19(36)15-24(21)40-28(25)27)35(33-30(26)37)18-8-6-4-3-5-7-9-18/h10-16,18,32H,3-9H2,1-2H3,(H,33,37). The largest absolute Gasteiger partial charge is 0.497 e. The van der Waals surface area contributed by atoms with E-state index in [2.05, 4.69) is 10.1 Å². The molecule has 0 unspecified atom stereocenters. The lowest BCUT2D eigenvalue weighted by Gasteiger charge is -2.21. The van der Waals surface area contributed by atoms with E-state index in [9.17, 15) is 14.4 Å². The Morgan fingerprint density at radius 3 is 2.50 bits per heavy atom. The fourth-order valence-corrected chi connectivity index (χ4v) is 6.39. The highest BCUT2D eigenvalue weighted by Crippen LogP contribution is 2.39. The average Bonchev–Trinajstić information content (AvgIpc) is 3.46. The van der Waals surface area contributed by atoms with Crippen LogP contribution in [0.3, 0.4) is 0 Å². The first-order chi connectivity index (χ1) is 19.4. The van der Waals surface area contributed by atoms with E-state index in [1.54, 1.807) is 24.8 Å². The maximum atomic E-state index is 13.9. The van der Waals surface area contributed by atoms with Gasteiger partial charge in [0.05, 0.1) is 35.1 Å². The average molecular weight is 539 g/mol.